The molecule has 0 amide bonds. The van der Waals surface area contributed by atoms with Crippen molar-refractivity contribution in [1.82, 2.24) is 0 Å². The lowest BCUT2D eigenvalue weighted by Crippen LogP contribution is -2.37. The number of carboxylic acid groups (broad SMARTS) is 1. The number of hydrogen-bond donors (Lipinski definition) is 1. The van der Waals surface area contributed by atoms with Crippen molar-refractivity contribution in [3.05, 3.63) is 29.3 Å². The van der Waals surface area contributed by atoms with Gasteiger partial charge in [0.05, 0.1) is 11.4 Å². The zero-order valence-corrected chi connectivity index (χ0v) is 11.5. The van der Waals surface area contributed by atoms with Crippen molar-refractivity contribution in [2.45, 2.75) is 20.8 Å². The van der Waals surface area contributed by atoms with Crippen LogP contribution in [0, 0.1) is 13.8 Å². The smallest absolute Gasteiger partial charge is 0.324 e. The standard InChI is InChI=1S/C12H17NO4S/c1-4-18(16,17)13(8-12(14)15)11-7-5-6-9(2)10(11)3/h5-7H,4,8H2,1-3H3,(H,14,15). The summed E-state index contributed by atoms with van der Waals surface area (Å²) in [6.07, 6.45) is 0. The summed E-state index contributed by atoms with van der Waals surface area (Å²) in [7, 11) is -3.60. The molecule has 5 nitrogen and oxygen atoms in total. The van der Waals surface area contributed by atoms with Crippen LogP contribution < -0.4 is 4.31 Å². The number of nitrogens with zero attached hydrogens (tertiary/aromatic N) is 1. The molecule has 1 N–H and O–H groups in total. The highest BCUT2D eigenvalue weighted by molar-refractivity contribution is 7.92. The highest BCUT2D eigenvalue weighted by atomic mass is 32.2. The number of anilines is 1. The number of hydrogen-bond acceptors (Lipinski definition) is 3. The number of aliphatic carboxylic acids is 1. The molecule has 1 aromatic carbocycles. The number of rotatable bonds is 5. The van der Waals surface area contributed by atoms with Crippen molar-refractivity contribution in [1.29, 1.82) is 0 Å². The van der Waals surface area contributed by atoms with Crippen molar-refractivity contribution in [3.8, 4) is 0 Å². The van der Waals surface area contributed by atoms with Crippen LogP contribution in [0.3, 0.4) is 0 Å². The van der Waals surface area contributed by atoms with E-state index in [1.807, 2.05) is 13.0 Å². The Morgan fingerprint density at radius 2 is 1.94 bits per heavy atom. The van der Waals surface area contributed by atoms with E-state index in [0.29, 0.717) is 5.69 Å². The summed E-state index contributed by atoms with van der Waals surface area (Å²) in [4.78, 5) is 10.8. The molecule has 0 fully saturated rings. The Kier molecular flexibility index (Phi) is 4.34. The average molecular weight is 271 g/mol. The highest BCUT2D eigenvalue weighted by Gasteiger charge is 2.24. The van der Waals surface area contributed by atoms with E-state index < -0.39 is 22.5 Å². The predicted molar refractivity (Wildman–Crippen MR) is 70.4 cm³/mol. The van der Waals surface area contributed by atoms with E-state index in [-0.39, 0.29) is 5.75 Å². The van der Waals surface area contributed by atoms with Crippen LogP contribution in [0.2, 0.25) is 0 Å². The van der Waals surface area contributed by atoms with Crippen LogP contribution in [0.1, 0.15) is 18.1 Å². The molecule has 18 heavy (non-hydrogen) atoms. The van der Waals surface area contributed by atoms with Crippen LogP contribution in [-0.2, 0) is 14.8 Å². The van der Waals surface area contributed by atoms with Crippen LogP contribution in [-0.4, -0.2) is 31.8 Å². The second kappa shape index (κ2) is 5.39. The Hall–Kier alpha value is -1.56. The third kappa shape index (κ3) is 3.01. The van der Waals surface area contributed by atoms with Crippen molar-refractivity contribution < 1.29 is 18.3 Å². The highest BCUT2D eigenvalue weighted by Crippen LogP contribution is 2.25. The maximum Gasteiger partial charge on any atom is 0.324 e. The number of sulfonamides is 1. The molecule has 0 aliphatic rings. The van der Waals surface area contributed by atoms with E-state index in [1.165, 1.54) is 6.92 Å². The van der Waals surface area contributed by atoms with Crippen molar-refractivity contribution >= 4 is 21.7 Å². The summed E-state index contributed by atoms with van der Waals surface area (Å²) in [5.74, 6) is -1.30. The van der Waals surface area contributed by atoms with Gasteiger partial charge < -0.3 is 5.11 Å². The van der Waals surface area contributed by atoms with Gasteiger partial charge in [-0.15, -0.1) is 0 Å². The SMILES string of the molecule is CCS(=O)(=O)N(CC(=O)O)c1cccc(C)c1C. The molecule has 0 bridgehead atoms. The van der Waals surface area contributed by atoms with Gasteiger partial charge in [-0.05, 0) is 38.0 Å². The molecule has 100 valence electrons. The molecule has 1 rings (SSSR count). The molecule has 0 atom stereocenters. The Balaban J connectivity index is 3.35. The van der Waals surface area contributed by atoms with Gasteiger partial charge in [-0.25, -0.2) is 8.42 Å². The van der Waals surface area contributed by atoms with Gasteiger partial charge in [-0.1, -0.05) is 12.1 Å². The van der Waals surface area contributed by atoms with E-state index in [4.69, 9.17) is 5.11 Å². The first-order valence-corrected chi connectivity index (χ1v) is 7.19. The van der Waals surface area contributed by atoms with Crippen LogP contribution in [0.4, 0.5) is 5.69 Å². The second-order valence-corrected chi connectivity index (χ2v) is 6.20. The zero-order chi connectivity index (χ0) is 13.9. The summed E-state index contributed by atoms with van der Waals surface area (Å²) in [5.41, 5.74) is 2.13. The van der Waals surface area contributed by atoms with Crippen molar-refractivity contribution in [2.24, 2.45) is 0 Å². The summed E-state index contributed by atoms with van der Waals surface area (Å²) < 4.78 is 24.9. The first-order chi connectivity index (χ1) is 8.29. The van der Waals surface area contributed by atoms with E-state index in [9.17, 15) is 13.2 Å². The number of carboxylic acids is 1. The molecule has 0 saturated carbocycles. The molecule has 1 aromatic rings. The summed E-state index contributed by atoms with van der Waals surface area (Å²) >= 11 is 0. The van der Waals surface area contributed by atoms with Crippen LogP contribution in [0.5, 0.6) is 0 Å². The van der Waals surface area contributed by atoms with Crippen LogP contribution in [0.25, 0.3) is 0 Å². The molecule has 0 aliphatic carbocycles. The van der Waals surface area contributed by atoms with E-state index in [1.54, 1.807) is 19.1 Å². The molecule has 0 unspecified atom stereocenters. The fourth-order valence-corrected chi connectivity index (χ4v) is 2.73. The molecule has 0 aliphatic heterocycles. The van der Waals surface area contributed by atoms with Gasteiger partial charge in [0.25, 0.3) is 0 Å². The summed E-state index contributed by atoms with van der Waals surface area (Å²) in [5, 5.41) is 8.86. The molecule has 0 heterocycles. The molecule has 6 heteroatoms. The normalized spacial score (nSPS) is 11.3. The minimum absolute atomic E-state index is 0.131. The van der Waals surface area contributed by atoms with Gasteiger partial charge in [-0.3, -0.25) is 9.10 Å². The molecule has 0 radical (unpaired) electrons. The average Bonchev–Trinajstić information content (AvgIpc) is 2.30. The van der Waals surface area contributed by atoms with Crippen LogP contribution in [0.15, 0.2) is 18.2 Å². The largest absolute Gasteiger partial charge is 0.480 e. The first kappa shape index (κ1) is 14.5. The number of benzene rings is 1. The molecular weight excluding hydrogens is 254 g/mol. The van der Waals surface area contributed by atoms with Gasteiger partial charge in [-0.2, -0.15) is 0 Å². The summed E-state index contributed by atoms with van der Waals surface area (Å²) in [6, 6.07) is 5.20. The van der Waals surface area contributed by atoms with Gasteiger partial charge >= 0.3 is 5.97 Å². The Bertz CT molecular complexity index is 551. The van der Waals surface area contributed by atoms with Crippen LogP contribution >= 0.6 is 0 Å². The lowest BCUT2D eigenvalue weighted by atomic mass is 10.1. The maximum atomic E-state index is 12.0. The third-order valence-electron chi connectivity index (χ3n) is 2.82. The predicted octanol–water partition coefficient (Wildman–Crippen LogP) is 1.54. The quantitative estimate of drug-likeness (QED) is 0.881. The summed E-state index contributed by atoms with van der Waals surface area (Å²) in [6.45, 7) is 4.58. The van der Waals surface area contributed by atoms with Crippen molar-refractivity contribution in [2.75, 3.05) is 16.6 Å². The van der Waals surface area contributed by atoms with Gasteiger partial charge in [0.1, 0.15) is 6.54 Å². The third-order valence-corrected chi connectivity index (χ3v) is 4.55. The van der Waals surface area contributed by atoms with Gasteiger partial charge in [0.2, 0.25) is 10.0 Å². The van der Waals surface area contributed by atoms with Crippen molar-refractivity contribution in [3.63, 3.8) is 0 Å². The fraction of sp³-hybridized carbons (Fsp3) is 0.417. The topological polar surface area (TPSA) is 74.7 Å². The molecule has 0 aromatic heterocycles. The second-order valence-electron chi connectivity index (χ2n) is 4.02. The van der Waals surface area contributed by atoms with E-state index in [2.05, 4.69) is 0 Å². The Morgan fingerprint density at radius 3 is 2.44 bits per heavy atom. The zero-order valence-electron chi connectivity index (χ0n) is 10.7. The fourth-order valence-electron chi connectivity index (χ4n) is 1.62. The number of carbonyl (C=O) groups is 1. The molecule has 0 saturated heterocycles. The lowest BCUT2D eigenvalue weighted by molar-refractivity contribution is -0.135. The maximum absolute atomic E-state index is 12.0. The Labute approximate surface area is 107 Å². The molecular formula is C12H17NO4S. The molecule has 0 spiro atoms. The number of aryl methyl sites for hydroxylation is 1. The Morgan fingerprint density at radius 1 is 1.33 bits per heavy atom. The van der Waals surface area contributed by atoms with E-state index >= 15 is 0 Å². The van der Waals surface area contributed by atoms with E-state index in [0.717, 1.165) is 15.4 Å². The van der Waals surface area contributed by atoms with Gasteiger partial charge in [0.15, 0.2) is 0 Å². The minimum atomic E-state index is -3.60. The lowest BCUT2D eigenvalue weighted by Gasteiger charge is -2.24. The van der Waals surface area contributed by atoms with Gasteiger partial charge in [0, 0.05) is 0 Å². The minimum Gasteiger partial charge on any atom is -0.480 e. The first-order valence-electron chi connectivity index (χ1n) is 5.58. The monoisotopic (exact) mass is 271 g/mol.